The van der Waals surface area contributed by atoms with Crippen LogP contribution in [0.4, 0.5) is 0 Å². The van der Waals surface area contributed by atoms with E-state index in [4.69, 9.17) is 10.5 Å². The van der Waals surface area contributed by atoms with Gasteiger partial charge in [-0.3, -0.25) is 4.90 Å². The van der Waals surface area contributed by atoms with Gasteiger partial charge in [-0.05, 0) is 40.5 Å². The molecule has 0 spiro atoms. The molecular weight excluding hydrogens is 268 g/mol. The second kappa shape index (κ2) is 5.15. The molecule has 2 saturated heterocycles. The quantitative estimate of drug-likeness (QED) is 0.851. The van der Waals surface area contributed by atoms with Crippen LogP contribution in [0.15, 0.2) is 0 Å². The van der Waals surface area contributed by atoms with Gasteiger partial charge in [-0.15, -0.1) is 0 Å². The molecule has 0 aliphatic carbocycles. The normalized spacial score (nSPS) is 36.8. The molecular formula is C16H32N2OS. The van der Waals surface area contributed by atoms with Gasteiger partial charge < -0.3 is 10.5 Å². The average molecular weight is 301 g/mol. The number of nitrogens with two attached hydrogens (primary N) is 1. The Morgan fingerprint density at radius 3 is 2.25 bits per heavy atom. The summed E-state index contributed by atoms with van der Waals surface area (Å²) < 4.78 is 6.74. The topological polar surface area (TPSA) is 38.5 Å². The van der Waals surface area contributed by atoms with E-state index < -0.39 is 0 Å². The Morgan fingerprint density at radius 1 is 1.10 bits per heavy atom. The van der Waals surface area contributed by atoms with E-state index in [9.17, 15) is 0 Å². The van der Waals surface area contributed by atoms with Gasteiger partial charge in [0.2, 0.25) is 0 Å². The van der Waals surface area contributed by atoms with E-state index in [1.807, 2.05) is 0 Å². The van der Waals surface area contributed by atoms with Crippen molar-refractivity contribution in [1.29, 1.82) is 0 Å². The summed E-state index contributed by atoms with van der Waals surface area (Å²) in [6.07, 6.45) is 2.24. The first-order valence-corrected chi connectivity index (χ1v) is 8.82. The Kier molecular flexibility index (Phi) is 4.27. The highest BCUT2D eigenvalue weighted by Gasteiger charge is 2.59. The third-order valence-electron chi connectivity index (χ3n) is 5.15. The lowest BCUT2D eigenvalue weighted by Gasteiger charge is -2.47. The minimum Gasteiger partial charge on any atom is -0.368 e. The van der Waals surface area contributed by atoms with Crippen LogP contribution in [-0.2, 0) is 4.74 Å². The van der Waals surface area contributed by atoms with Crippen molar-refractivity contribution in [3.05, 3.63) is 0 Å². The first-order chi connectivity index (χ1) is 9.04. The summed E-state index contributed by atoms with van der Waals surface area (Å²) >= 11 is 2.09. The van der Waals surface area contributed by atoms with E-state index >= 15 is 0 Å². The average Bonchev–Trinajstić information content (AvgIpc) is 2.40. The van der Waals surface area contributed by atoms with Gasteiger partial charge in [-0.2, -0.15) is 11.8 Å². The van der Waals surface area contributed by atoms with Crippen molar-refractivity contribution in [2.45, 2.75) is 75.9 Å². The molecule has 2 fully saturated rings. The van der Waals surface area contributed by atoms with E-state index in [1.165, 1.54) is 12.2 Å². The molecule has 0 bridgehead atoms. The Labute approximate surface area is 129 Å². The zero-order valence-corrected chi connectivity index (χ0v) is 14.9. The maximum absolute atomic E-state index is 6.36. The fourth-order valence-electron chi connectivity index (χ4n) is 4.13. The van der Waals surface area contributed by atoms with Gasteiger partial charge in [-0.25, -0.2) is 0 Å². The lowest BCUT2D eigenvalue weighted by Crippen LogP contribution is -2.64. The van der Waals surface area contributed by atoms with Crippen molar-refractivity contribution in [2.75, 3.05) is 25.4 Å². The minimum atomic E-state index is -0.190. The molecule has 0 saturated carbocycles. The molecule has 0 aromatic rings. The Balaban J connectivity index is 2.27. The number of rotatable bonds is 2. The van der Waals surface area contributed by atoms with Crippen LogP contribution >= 0.6 is 11.8 Å². The van der Waals surface area contributed by atoms with E-state index in [-0.39, 0.29) is 16.7 Å². The summed E-state index contributed by atoms with van der Waals surface area (Å²) in [4.78, 5) is 2.63. The SMILES string of the molecule is CC1(C)CC(CN)(N2CCSC(C)(C)CC2)C(C)(C)O1. The minimum absolute atomic E-state index is 0.0303. The van der Waals surface area contributed by atoms with Crippen molar-refractivity contribution in [3.63, 3.8) is 0 Å². The van der Waals surface area contributed by atoms with Crippen molar-refractivity contribution in [2.24, 2.45) is 5.73 Å². The molecule has 1 unspecified atom stereocenters. The monoisotopic (exact) mass is 300 g/mol. The molecule has 20 heavy (non-hydrogen) atoms. The summed E-state index contributed by atoms with van der Waals surface area (Å²) in [6.45, 7) is 16.5. The zero-order valence-electron chi connectivity index (χ0n) is 14.1. The molecule has 4 heteroatoms. The third kappa shape index (κ3) is 2.90. The third-order valence-corrected chi connectivity index (χ3v) is 6.52. The highest BCUT2D eigenvalue weighted by molar-refractivity contribution is 8.00. The standard InChI is InChI=1S/C16H32N2OS/c1-13(2)11-16(12-17,15(5,6)19-13)18-8-7-14(3,4)20-10-9-18/h7-12,17H2,1-6H3. The molecule has 0 amide bonds. The highest BCUT2D eigenvalue weighted by atomic mass is 32.2. The number of thioether (sulfide) groups is 1. The van der Waals surface area contributed by atoms with E-state index in [0.29, 0.717) is 11.3 Å². The summed E-state index contributed by atoms with van der Waals surface area (Å²) in [6, 6.07) is 0. The molecule has 2 aliphatic rings. The number of nitrogens with zero attached hydrogens (tertiary/aromatic N) is 1. The van der Waals surface area contributed by atoms with Gasteiger partial charge in [0, 0.05) is 30.1 Å². The molecule has 2 heterocycles. The van der Waals surface area contributed by atoms with Gasteiger partial charge in [0.1, 0.15) is 0 Å². The second-order valence-electron chi connectivity index (χ2n) is 8.13. The largest absolute Gasteiger partial charge is 0.368 e. The highest BCUT2D eigenvalue weighted by Crippen LogP contribution is 2.49. The molecule has 2 aliphatic heterocycles. The Hall–Kier alpha value is 0.230. The van der Waals surface area contributed by atoms with Crippen LogP contribution < -0.4 is 5.73 Å². The lowest BCUT2D eigenvalue weighted by molar-refractivity contribution is -0.103. The first-order valence-electron chi connectivity index (χ1n) is 7.83. The predicted octanol–water partition coefficient (Wildman–Crippen LogP) is 2.88. The van der Waals surface area contributed by atoms with Crippen molar-refractivity contribution in [1.82, 2.24) is 4.90 Å². The van der Waals surface area contributed by atoms with Crippen LogP contribution in [0, 0.1) is 0 Å². The summed E-state index contributed by atoms with van der Waals surface area (Å²) in [7, 11) is 0. The Bertz CT molecular complexity index is 367. The predicted molar refractivity (Wildman–Crippen MR) is 88.4 cm³/mol. The zero-order chi connectivity index (χ0) is 15.2. The van der Waals surface area contributed by atoms with Crippen molar-refractivity contribution < 1.29 is 4.74 Å². The van der Waals surface area contributed by atoms with Crippen molar-refractivity contribution >= 4 is 11.8 Å². The first kappa shape index (κ1) is 16.6. The molecule has 118 valence electrons. The van der Waals surface area contributed by atoms with E-state index in [0.717, 1.165) is 19.5 Å². The fraction of sp³-hybridized carbons (Fsp3) is 1.00. The van der Waals surface area contributed by atoms with E-state index in [2.05, 4.69) is 58.2 Å². The molecule has 2 rings (SSSR count). The molecule has 3 nitrogen and oxygen atoms in total. The van der Waals surface area contributed by atoms with E-state index in [1.54, 1.807) is 0 Å². The molecule has 0 aromatic carbocycles. The molecule has 0 aromatic heterocycles. The van der Waals surface area contributed by atoms with Crippen LogP contribution in [-0.4, -0.2) is 51.8 Å². The van der Waals surface area contributed by atoms with Gasteiger partial charge in [0.05, 0.1) is 16.7 Å². The molecule has 0 radical (unpaired) electrons. The second-order valence-corrected chi connectivity index (χ2v) is 9.93. The van der Waals surface area contributed by atoms with Crippen LogP contribution in [0.3, 0.4) is 0 Å². The summed E-state index contributed by atoms with van der Waals surface area (Å²) in [5.41, 5.74) is 5.98. The summed E-state index contributed by atoms with van der Waals surface area (Å²) in [5, 5.41) is 0. The lowest BCUT2D eigenvalue weighted by atomic mass is 9.77. The molecule has 2 N–H and O–H groups in total. The van der Waals surface area contributed by atoms with Crippen LogP contribution in [0.2, 0.25) is 0 Å². The van der Waals surface area contributed by atoms with Crippen molar-refractivity contribution in [3.8, 4) is 0 Å². The number of hydrogen-bond acceptors (Lipinski definition) is 4. The maximum Gasteiger partial charge on any atom is 0.0830 e. The smallest absolute Gasteiger partial charge is 0.0830 e. The van der Waals surface area contributed by atoms with Gasteiger partial charge in [0.25, 0.3) is 0 Å². The maximum atomic E-state index is 6.36. The fourth-order valence-corrected chi connectivity index (χ4v) is 5.23. The van der Waals surface area contributed by atoms with Crippen LogP contribution in [0.25, 0.3) is 0 Å². The summed E-state index contributed by atoms with van der Waals surface area (Å²) in [5.74, 6) is 1.19. The van der Waals surface area contributed by atoms with Gasteiger partial charge in [-0.1, -0.05) is 13.8 Å². The van der Waals surface area contributed by atoms with Crippen LogP contribution in [0.1, 0.15) is 54.4 Å². The van der Waals surface area contributed by atoms with Gasteiger partial charge in [0.15, 0.2) is 0 Å². The van der Waals surface area contributed by atoms with Crippen LogP contribution in [0.5, 0.6) is 0 Å². The Morgan fingerprint density at radius 2 is 1.75 bits per heavy atom. The number of hydrogen-bond donors (Lipinski definition) is 1. The van der Waals surface area contributed by atoms with Gasteiger partial charge >= 0.3 is 0 Å². The molecule has 1 atom stereocenters. The number of ether oxygens (including phenoxy) is 1.